The van der Waals surface area contributed by atoms with Gasteiger partial charge in [-0.05, 0) is 31.0 Å². The first-order chi connectivity index (χ1) is 9.99. The Bertz CT molecular complexity index is 550. The largest absolute Gasteiger partial charge is 0.480 e. The number of carbonyl (C=O) groups is 1. The lowest BCUT2D eigenvalue weighted by Crippen LogP contribution is -2.40. The standard InChI is InChI=1S/C14H17ClN2O4/c15-12-8-11(17(20)21)6-5-10(12)9-16-7-3-1-2-4-13(16)14(18)19/h5-6,8,13H,1-4,7,9H2,(H,18,19). The van der Waals surface area contributed by atoms with Crippen molar-refractivity contribution in [3.8, 4) is 0 Å². The maximum atomic E-state index is 11.4. The van der Waals surface area contributed by atoms with Crippen molar-refractivity contribution >= 4 is 23.3 Å². The molecule has 1 saturated heterocycles. The van der Waals surface area contributed by atoms with Gasteiger partial charge in [0.1, 0.15) is 6.04 Å². The molecule has 1 aliphatic rings. The lowest BCUT2D eigenvalue weighted by atomic mass is 10.1. The molecule has 0 aliphatic carbocycles. The molecule has 1 fully saturated rings. The van der Waals surface area contributed by atoms with E-state index in [0.717, 1.165) is 24.8 Å². The SMILES string of the molecule is O=C(O)C1CCCCCN1Cc1ccc([N+](=O)[O-])cc1Cl. The third kappa shape index (κ3) is 3.92. The van der Waals surface area contributed by atoms with Crippen LogP contribution in [0.15, 0.2) is 18.2 Å². The Hall–Kier alpha value is -1.66. The van der Waals surface area contributed by atoms with E-state index in [4.69, 9.17) is 11.6 Å². The summed E-state index contributed by atoms with van der Waals surface area (Å²) in [5.74, 6) is -0.824. The fourth-order valence-electron chi connectivity index (χ4n) is 2.63. The lowest BCUT2D eigenvalue weighted by Gasteiger charge is -2.27. The van der Waals surface area contributed by atoms with Gasteiger partial charge in [-0.2, -0.15) is 0 Å². The van der Waals surface area contributed by atoms with Crippen LogP contribution >= 0.6 is 11.6 Å². The Labute approximate surface area is 127 Å². The van der Waals surface area contributed by atoms with Crippen LogP contribution in [0.3, 0.4) is 0 Å². The zero-order valence-electron chi connectivity index (χ0n) is 11.5. The van der Waals surface area contributed by atoms with Crippen molar-refractivity contribution in [2.24, 2.45) is 0 Å². The van der Waals surface area contributed by atoms with Crippen molar-refractivity contribution < 1.29 is 14.8 Å². The monoisotopic (exact) mass is 312 g/mol. The van der Waals surface area contributed by atoms with E-state index in [0.29, 0.717) is 24.5 Å². The van der Waals surface area contributed by atoms with Crippen molar-refractivity contribution in [1.29, 1.82) is 0 Å². The molecular weight excluding hydrogens is 296 g/mol. The summed E-state index contributed by atoms with van der Waals surface area (Å²) in [6.45, 7) is 1.10. The smallest absolute Gasteiger partial charge is 0.320 e. The second-order valence-corrected chi connectivity index (χ2v) is 5.61. The molecule has 1 aliphatic heterocycles. The van der Waals surface area contributed by atoms with Crippen LogP contribution in [0, 0.1) is 10.1 Å². The van der Waals surface area contributed by atoms with Gasteiger partial charge in [0.05, 0.1) is 9.95 Å². The topological polar surface area (TPSA) is 83.7 Å². The summed E-state index contributed by atoms with van der Waals surface area (Å²) in [6.07, 6.45) is 3.50. The highest BCUT2D eigenvalue weighted by Gasteiger charge is 2.27. The van der Waals surface area contributed by atoms with E-state index in [1.165, 1.54) is 12.1 Å². The summed E-state index contributed by atoms with van der Waals surface area (Å²) in [7, 11) is 0. The van der Waals surface area contributed by atoms with Crippen molar-refractivity contribution in [3.05, 3.63) is 38.9 Å². The van der Waals surface area contributed by atoms with Gasteiger partial charge in [0.15, 0.2) is 0 Å². The quantitative estimate of drug-likeness (QED) is 0.682. The molecular formula is C14H17ClN2O4. The number of nitrogens with zero attached hydrogens (tertiary/aromatic N) is 2. The normalized spacial score (nSPS) is 20.0. The number of aliphatic carboxylic acids is 1. The Balaban J connectivity index is 2.18. The van der Waals surface area contributed by atoms with Gasteiger partial charge in [0, 0.05) is 18.7 Å². The van der Waals surface area contributed by atoms with Gasteiger partial charge in [-0.3, -0.25) is 19.8 Å². The number of nitro groups is 1. The maximum Gasteiger partial charge on any atom is 0.320 e. The van der Waals surface area contributed by atoms with Crippen LogP contribution in [-0.4, -0.2) is 33.5 Å². The summed E-state index contributed by atoms with van der Waals surface area (Å²) < 4.78 is 0. The van der Waals surface area contributed by atoms with E-state index in [-0.39, 0.29) is 5.69 Å². The Morgan fingerprint density at radius 1 is 1.43 bits per heavy atom. The Kier molecular flexibility index (Phi) is 5.14. The Morgan fingerprint density at radius 3 is 2.81 bits per heavy atom. The lowest BCUT2D eigenvalue weighted by molar-refractivity contribution is -0.384. The molecule has 2 rings (SSSR count). The fourth-order valence-corrected chi connectivity index (χ4v) is 2.87. The molecule has 1 atom stereocenters. The van der Waals surface area contributed by atoms with Crippen LogP contribution in [0.5, 0.6) is 0 Å². The van der Waals surface area contributed by atoms with Crippen LogP contribution in [0.4, 0.5) is 5.69 Å². The molecule has 0 amide bonds. The van der Waals surface area contributed by atoms with E-state index in [1.54, 1.807) is 6.07 Å². The number of carboxylic acid groups (broad SMARTS) is 1. The van der Waals surface area contributed by atoms with Crippen LogP contribution < -0.4 is 0 Å². The minimum Gasteiger partial charge on any atom is -0.480 e. The number of rotatable bonds is 4. The van der Waals surface area contributed by atoms with Crippen molar-refractivity contribution in [1.82, 2.24) is 4.90 Å². The molecule has 0 spiro atoms. The molecule has 1 unspecified atom stereocenters. The van der Waals surface area contributed by atoms with Gasteiger partial charge in [0.2, 0.25) is 0 Å². The molecule has 0 bridgehead atoms. The van der Waals surface area contributed by atoms with Crippen molar-refractivity contribution in [3.63, 3.8) is 0 Å². The highest BCUT2D eigenvalue weighted by atomic mass is 35.5. The Morgan fingerprint density at radius 2 is 2.19 bits per heavy atom. The molecule has 6 nitrogen and oxygen atoms in total. The van der Waals surface area contributed by atoms with Gasteiger partial charge in [-0.1, -0.05) is 24.4 Å². The minimum atomic E-state index is -0.824. The number of hydrogen-bond acceptors (Lipinski definition) is 4. The van der Waals surface area contributed by atoms with Gasteiger partial charge in [0.25, 0.3) is 5.69 Å². The first-order valence-electron chi connectivity index (χ1n) is 6.88. The highest BCUT2D eigenvalue weighted by molar-refractivity contribution is 6.31. The van der Waals surface area contributed by atoms with Crippen molar-refractivity contribution in [2.45, 2.75) is 38.3 Å². The van der Waals surface area contributed by atoms with E-state index in [2.05, 4.69) is 0 Å². The number of benzene rings is 1. The first-order valence-corrected chi connectivity index (χ1v) is 7.26. The molecule has 21 heavy (non-hydrogen) atoms. The zero-order valence-corrected chi connectivity index (χ0v) is 12.3. The number of hydrogen-bond donors (Lipinski definition) is 1. The number of carboxylic acids is 1. The summed E-state index contributed by atoms with van der Waals surface area (Å²) in [6, 6.07) is 3.79. The third-order valence-corrected chi connectivity index (χ3v) is 4.12. The third-order valence-electron chi connectivity index (χ3n) is 3.77. The predicted molar refractivity (Wildman–Crippen MR) is 78.4 cm³/mol. The second kappa shape index (κ2) is 6.87. The number of non-ortho nitro benzene ring substituents is 1. The molecule has 114 valence electrons. The number of halogens is 1. The molecule has 1 N–H and O–H groups in total. The van der Waals surface area contributed by atoms with Crippen LogP contribution in [0.1, 0.15) is 31.2 Å². The average molecular weight is 313 g/mol. The molecule has 1 heterocycles. The van der Waals surface area contributed by atoms with E-state index in [9.17, 15) is 20.0 Å². The minimum absolute atomic E-state index is 0.0607. The highest BCUT2D eigenvalue weighted by Crippen LogP contribution is 2.26. The van der Waals surface area contributed by atoms with Crippen molar-refractivity contribution in [2.75, 3.05) is 6.54 Å². The van der Waals surface area contributed by atoms with Gasteiger partial charge >= 0.3 is 5.97 Å². The number of likely N-dealkylation sites (tertiary alicyclic amines) is 1. The van der Waals surface area contributed by atoms with E-state index >= 15 is 0 Å². The summed E-state index contributed by atoms with van der Waals surface area (Å²) >= 11 is 6.08. The summed E-state index contributed by atoms with van der Waals surface area (Å²) in [5, 5.41) is 20.3. The molecule has 7 heteroatoms. The van der Waals surface area contributed by atoms with Crippen LogP contribution in [0.2, 0.25) is 5.02 Å². The molecule has 1 aromatic rings. The number of nitro benzene ring substituents is 1. The summed E-state index contributed by atoms with van der Waals surface area (Å²) in [4.78, 5) is 23.5. The molecule has 0 saturated carbocycles. The van der Waals surface area contributed by atoms with Gasteiger partial charge < -0.3 is 5.11 Å². The first kappa shape index (κ1) is 15.7. The second-order valence-electron chi connectivity index (χ2n) is 5.21. The van der Waals surface area contributed by atoms with Gasteiger partial charge in [-0.25, -0.2) is 0 Å². The molecule has 0 aromatic heterocycles. The molecule has 0 radical (unpaired) electrons. The zero-order chi connectivity index (χ0) is 15.4. The van der Waals surface area contributed by atoms with Crippen LogP contribution in [-0.2, 0) is 11.3 Å². The predicted octanol–water partition coefficient (Wildman–Crippen LogP) is 3.08. The van der Waals surface area contributed by atoms with E-state index < -0.39 is 16.9 Å². The van der Waals surface area contributed by atoms with Gasteiger partial charge in [-0.15, -0.1) is 0 Å². The fraction of sp³-hybridized carbons (Fsp3) is 0.500. The van der Waals surface area contributed by atoms with Crippen LogP contribution in [0.25, 0.3) is 0 Å². The average Bonchev–Trinajstić information content (AvgIpc) is 2.66. The summed E-state index contributed by atoms with van der Waals surface area (Å²) in [5.41, 5.74) is 0.657. The molecule has 1 aromatic carbocycles. The maximum absolute atomic E-state index is 11.4. The van der Waals surface area contributed by atoms with E-state index in [1.807, 2.05) is 4.90 Å².